The molecule has 3 rings (SSSR count). The number of rotatable bonds is 4. The molecule has 7 heteroatoms. The van der Waals surface area contributed by atoms with E-state index < -0.39 is 5.60 Å². The normalized spacial score (nSPS) is 16.7. The lowest BCUT2D eigenvalue weighted by Crippen LogP contribution is -2.42. The second-order valence-electron chi connectivity index (χ2n) is 6.82. The lowest BCUT2D eigenvalue weighted by atomic mass is 9.94. The zero-order chi connectivity index (χ0) is 18.6. The molecule has 0 aliphatic heterocycles. The average molecular weight is 376 g/mol. The summed E-state index contributed by atoms with van der Waals surface area (Å²) in [6.07, 6.45) is 5.58. The first-order chi connectivity index (χ1) is 12.5. The van der Waals surface area contributed by atoms with Crippen LogP contribution in [0.1, 0.15) is 48.9 Å². The number of hydrogen-bond donors (Lipinski definition) is 3. The maximum absolute atomic E-state index is 12.6. The minimum atomic E-state index is -0.850. The molecular weight excluding hydrogens is 354 g/mol. The minimum absolute atomic E-state index is 0.212. The molecule has 3 N–H and O–H groups in total. The number of benzene rings is 1. The van der Waals surface area contributed by atoms with E-state index in [-0.39, 0.29) is 18.0 Å². The van der Waals surface area contributed by atoms with E-state index in [1.807, 2.05) is 0 Å². The van der Waals surface area contributed by atoms with Crippen molar-refractivity contribution in [3.05, 3.63) is 51.3 Å². The van der Waals surface area contributed by atoms with Crippen LogP contribution in [0.2, 0.25) is 5.02 Å². The second kappa shape index (κ2) is 8.01. The smallest absolute Gasteiger partial charge is 0.264 e. The van der Waals surface area contributed by atoms with Gasteiger partial charge in [-0.2, -0.15) is 5.10 Å². The summed E-state index contributed by atoms with van der Waals surface area (Å²) in [5, 5.41) is 20.2. The second-order valence-corrected chi connectivity index (χ2v) is 7.23. The first-order valence-corrected chi connectivity index (χ1v) is 9.21. The number of halogens is 1. The van der Waals surface area contributed by atoms with E-state index in [0.717, 1.165) is 25.7 Å². The van der Waals surface area contributed by atoms with E-state index in [2.05, 4.69) is 15.5 Å². The Morgan fingerprint density at radius 1 is 1.19 bits per heavy atom. The highest BCUT2D eigenvalue weighted by molar-refractivity contribution is 6.34. The molecule has 1 aliphatic carbocycles. The summed E-state index contributed by atoms with van der Waals surface area (Å²) < 4.78 is 0. The first kappa shape index (κ1) is 18.6. The van der Waals surface area contributed by atoms with Crippen LogP contribution in [0.25, 0.3) is 11.3 Å². The molecule has 2 aromatic rings. The highest BCUT2D eigenvalue weighted by Gasteiger charge is 2.28. The summed E-state index contributed by atoms with van der Waals surface area (Å²) in [5.74, 6) is -0.334. The van der Waals surface area contributed by atoms with Crippen LogP contribution in [0.3, 0.4) is 0 Å². The van der Waals surface area contributed by atoms with Gasteiger partial charge in [-0.05, 0) is 31.0 Å². The Morgan fingerprint density at radius 3 is 2.58 bits per heavy atom. The fraction of sp³-hybridized carbons (Fsp3) is 0.421. The van der Waals surface area contributed by atoms with Gasteiger partial charge < -0.3 is 10.4 Å². The first-order valence-electron chi connectivity index (χ1n) is 8.83. The number of aromatic nitrogens is 2. The molecule has 0 saturated heterocycles. The largest absolute Gasteiger partial charge is 0.388 e. The minimum Gasteiger partial charge on any atom is -0.388 e. The molecule has 1 aromatic carbocycles. The molecule has 1 amide bonds. The molecule has 1 saturated carbocycles. The van der Waals surface area contributed by atoms with Crippen molar-refractivity contribution in [1.29, 1.82) is 0 Å². The molecule has 1 fully saturated rings. The molecule has 6 nitrogen and oxygen atoms in total. The van der Waals surface area contributed by atoms with Crippen LogP contribution in [0.4, 0.5) is 0 Å². The highest BCUT2D eigenvalue weighted by Crippen LogP contribution is 2.27. The van der Waals surface area contributed by atoms with Gasteiger partial charge in [0.2, 0.25) is 0 Å². The summed E-state index contributed by atoms with van der Waals surface area (Å²) in [6.45, 7) is 0.212. The number of amides is 1. The van der Waals surface area contributed by atoms with Gasteiger partial charge in [0, 0.05) is 18.2 Å². The number of carbonyl (C=O) groups excluding carboxylic acids is 1. The van der Waals surface area contributed by atoms with Gasteiger partial charge in [0.15, 0.2) is 0 Å². The summed E-state index contributed by atoms with van der Waals surface area (Å²) >= 11 is 6.18. The van der Waals surface area contributed by atoms with Gasteiger partial charge in [0.25, 0.3) is 11.5 Å². The van der Waals surface area contributed by atoms with Crippen molar-refractivity contribution >= 4 is 17.5 Å². The molecule has 0 radical (unpaired) electrons. The monoisotopic (exact) mass is 375 g/mol. The topological polar surface area (TPSA) is 95.1 Å². The van der Waals surface area contributed by atoms with Crippen LogP contribution in [-0.4, -0.2) is 33.4 Å². The van der Waals surface area contributed by atoms with Crippen LogP contribution in [-0.2, 0) is 0 Å². The van der Waals surface area contributed by atoms with Gasteiger partial charge >= 0.3 is 0 Å². The predicted molar refractivity (Wildman–Crippen MR) is 100 cm³/mol. The molecule has 1 aromatic heterocycles. The van der Waals surface area contributed by atoms with Crippen LogP contribution in [0.5, 0.6) is 0 Å². The van der Waals surface area contributed by atoms with Crippen molar-refractivity contribution < 1.29 is 9.90 Å². The number of H-pyrrole nitrogens is 1. The van der Waals surface area contributed by atoms with Crippen LogP contribution in [0.15, 0.2) is 35.1 Å². The molecule has 0 spiro atoms. The SMILES string of the molecule is O=C(NCC1(O)CCCCCC1)c1cc(-c2ccc(=O)[nH]n2)ccc1Cl. The summed E-state index contributed by atoms with van der Waals surface area (Å²) in [5.41, 5.74) is 0.380. The average Bonchev–Trinajstić information content (AvgIpc) is 2.86. The van der Waals surface area contributed by atoms with E-state index in [1.165, 1.54) is 6.07 Å². The van der Waals surface area contributed by atoms with E-state index in [0.29, 0.717) is 34.7 Å². The zero-order valence-corrected chi connectivity index (χ0v) is 15.2. The van der Waals surface area contributed by atoms with E-state index >= 15 is 0 Å². The zero-order valence-electron chi connectivity index (χ0n) is 14.4. The third-order valence-corrected chi connectivity index (χ3v) is 5.13. The lowest BCUT2D eigenvalue weighted by Gasteiger charge is -2.26. The molecule has 1 heterocycles. The van der Waals surface area contributed by atoms with Crippen molar-refractivity contribution in [2.45, 2.75) is 44.1 Å². The maximum atomic E-state index is 12.6. The lowest BCUT2D eigenvalue weighted by molar-refractivity contribution is 0.0246. The van der Waals surface area contributed by atoms with Crippen molar-refractivity contribution in [2.75, 3.05) is 6.54 Å². The van der Waals surface area contributed by atoms with E-state index in [9.17, 15) is 14.7 Å². The number of aliphatic hydroxyl groups is 1. The molecule has 0 unspecified atom stereocenters. The Hall–Kier alpha value is -2.18. The standard InChI is InChI=1S/C19H22ClN3O3/c20-15-6-5-13(16-7-8-17(24)23-22-16)11-14(15)18(25)21-12-19(26)9-3-1-2-4-10-19/h5-8,11,26H,1-4,9-10,12H2,(H,21,25)(H,23,24). The predicted octanol–water partition coefficient (Wildman–Crippen LogP) is 2.91. The third kappa shape index (κ3) is 4.51. The van der Waals surface area contributed by atoms with Crippen molar-refractivity contribution in [1.82, 2.24) is 15.5 Å². The summed E-state index contributed by atoms with van der Waals surface area (Å²) in [4.78, 5) is 23.7. The number of carbonyl (C=O) groups is 1. The number of hydrogen-bond acceptors (Lipinski definition) is 4. The Morgan fingerprint density at radius 2 is 1.92 bits per heavy atom. The molecule has 26 heavy (non-hydrogen) atoms. The van der Waals surface area contributed by atoms with Crippen LogP contribution in [0, 0.1) is 0 Å². The third-order valence-electron chi connectivity index (χ3n) is 4.80. The Balaban J connectivity index is 1.75. The quantitative estimate of drug-likeness (QED) is 0.716. The summed E-state index contributed by atoms with van der Waals surface area (Å²) in [6, 6.07) is 7.95. The van der Waals surface area contributed by atoms with E-state index in [1.54, 1.807) is 24.3 Å². The van der Waals surface area contributed by atoms with Crippen LogP contribution < -0.4 is 10.9 Å². The van der Waals surface area contributed by atoms with Gasteiger partial charge in [-0.15, -0.1) is 0 Å². The number of nitrogens with one attached hydrogen (secondary N) is 2. The Bertz CT molecular complexity index is 822. The van der Waals surface area contributed by atoms with Crippen LogP contribution >= 0.6 is 11.6 Å². The molecule has 138 valence electrons. The number of nitrogens with zero attached hydrogens (tertiary/aromatic N) is 1. The van der Waals surface area contributed by atoms with Crippen molar-refractivity contribution in [3.63, 3.8) is 0 Å². The van der Waals surface area contributed by atoms with Gasteiger partial charge in [0.1, 0.15) is 0 Å². The van der Waals surface area contributed by atoms with Gasteiger partial charge in [-0.25, -0.2) is 5.10 Å². The summed E-state index contributed by atoms with van der Waals surface area (Å²) in [7, 11) is 0. The van der Waals surface area contributed by atoms with Gasteiger partial charge in [-0.1, -0.05) is 43.4 Å². The van der Waals surface area contributed by atoms with Crippen molar-refractivity contribution in [3.8, 4) is 11.3 Å². The van der Waals surface area contributed by atoms with E-state index in [4.69, 9.17) is 11.6 Å². The Labute approximate surface area is 156 Å². The maximum Gasteiger partial charge on any atom is 0.264 e. The van der Waals surface area contributed by atoms with Gasteiger partial charge in [-0.3, -0.25) is 9.59 Å². The van der Waals surface area contributed by atoms with Crippen molar-refractivity contribution in [2.24, 2.45) is 0 Å². The molecular formula is C19H22ClN3O3. The molecule has 0 bridgehead atoms. The van der Waals surface area contributed by atoms with Gasteiger partial charge in [0.05, 0.1) is 21.9 Å². The highest BCUT2D eigenvalue weighted by atomic mass is 35.5. The molecule has 1 aliphatic rings. The fourth-order valence-corrected chi connectivity index (χ4v) is 3.47. The number of aromatic amines is 1. The Kier molecular flexibility index (Phi) is 5.74. The molecule has 0 atom stereocenters. The fourth-order valence-electron chi connectivity index (χ4n) is 3.27.